The van der Waals surface area contributed by atoms with Crippen LogP contribution < -0.4 is 14.2 Å². The number of ether oxygens (including phenoxy) is 7. The van der Waals surface area contributed by atoms with Gasteiger partial charge in [0.2, 0.25) is 0 Å². The average Bonchev–Trinajstić information content (AvgIpc) is 3.02. The Balaban J connectivity index is 1.47. The highest BCUT2D eigenvalue weighted by molar-refractivity contribution is 5.92. The zero-order valence-electron chi connectivity index (χ0n) is 24.2. The van der Waals surface area contributed by atoms with Crippen molar-refractivity contribution in [3.8, 4) is 17.2 Å². The molecule has 3 aromatic rings. The van der Waals surface area contributed by atoms with Gasteiger partial charge in [-0.05, 0) is 67.1 Å². The molecule has 0 aromatic heterocycles. The standard InChI is InChI=1S/C33H34O10/c1-5-31(34)41-18-6-17-40-28-13-11-27(12-14-28)33(36)43-30-16-15-29(21-23(30)2)42-32(35)26-9-7-25(8-10-26)24(3)39-20-19-38-22-37-4/h5,7-16,21H,1,3,6,17-20,22H2,2,4H3. The molecule has 0 aliphatic carbocycles. The molecule has 0 amide bonds. The molecule has 0 saturated heterocycles. The molecular formula is C33H34O10. The third kappa shape index (κ3) is 10.8. The fraction of sp³-hybridized carbons (Fsp3) is 0.242. The number of aryl methyl sites for hydroxylation is 1. The van der Waals surface area contributed by atoms with Crippen LogP contribution in [0, 0.1) is 6.92 Å². The van der Waals surface area contributed by atoms with Gasteiger partial charge in [0, 0.05) is 25.2 Å². The molecular weight excluding hydrogens is 556 g/mol. The number of benzene rings is 3. The van der Waals surface area contributed by atoms with Gasteiger partial charge in [-0.25, -0.2) is 14.4 Å². The molecule has 10 heteroatoms. The summed E-state index contributed by atoms with van der Waals surface area (Å²) in [6.07, 6.45) is 1.61. The summed E-state index contributed by atoms with van der Waals surface area (Å²) in [5, 5.41) is 0. The van der Waals surface area contributed by atoms with Crippen molar-refractivity contribution in [3.05, 3.63) is 108 Å². The Morgan fingerprint density at radius 1 is 0.744 bits per heavy atom. The Morgan fingerprint density at radius 3 is 2.02 bits per heavy atom. The molecule has 43 heavy (non-hydrogen) atoms. The van der Waals surface area contributed by atoms with Crippen LogP contribution in [0.4, 0.5) is 0 Å². The largest absolute Gasteiger partial charge is 0.493 e. The fourth-order valence-electron chi connectivity index (χ4n) is 3.53. The summed E-state index contributed by atoms with van der Waals surface area (Å²) in [5.41, 5.74) is 2.00. The lowest BCUT2D eigenvalue weighted by atomic mass is 10.1. The molecule has 226 valence electrons. The Morgan fingerprint density at radius 2 is 1.37 bits per heavy atom. The molecule has 0 heterocycles. The molecule has 0 radical (unpaired) electrons. The predicted molar refractivity (Wildman–Crippen MR) is 158 cm³/mol. The van der Waals surface area contributed by atoms with Gasteiger partial charge in [-0.1, -0.05) is 25.3 Å². The maximum absolute atomic E-state index is 12.7. The summed E-state index contributed by atoms with van der Waals surface area (Å²) in [4.78, 5) is 36.4. The van der Waals surface area contributed by atoms with E-state index in [-0.39, 0.29) is 13.4 Å². The lowest BCUT2D eigenvalue weighted by molar-refractivity contribution is -0.137. The summed E-state index contributed by atoms with van der Waals surface area (Å²) < 4.78 is 37.0. The summed E-state index contributed by atoms with van der Waals surface area (Å²) in [6, 6.07) is 17.9. The molecule has 0 spiro atoms. The van der Waals surface area contributed by atoms with E-state index in [1.54, 1.807) is 80.8 Å². The Hall–Kier alpha value is -4.93. The van der Waals surface area contributed by atoms with Crippen molar-refractivity contribution in [2.24, 2.45) is 0 Å². The average molecular weight is 591 g/mol. The highest BCUT2D eigenvalue weighted by atomic mass is 16.7. The molecule has 0 atom stereocenters. The van der Waals surface area contributed by atoms with Crippen molar-refractivity contribution in [1.29, 1.82) is 0 Å². The topological polar surface area (TPSA) is 116 Å². The van der Waals surface area contributed by atoms with Crippen LogP contribution in [0.1, 0.15) is 38.3 Å². The zero-order valence-corrected chi connectivity index (χ0v) is 24.2. The van der Waals surface area contributed by atoms with E-state index in [2.05, 4.69) is 13.2 Å². The number of hydrogen-bond acceptors (Lipinski definition) is 10. The van der Waals surface area contributed by atoms with Crippen LogP contribution >= 0.6 is 0 Å². The SMILES string of the molecule is C=CC(=O)OCCCOc1ccc(C(=O)Oc2ccc(OC(=O)c3ccc(C(=C)OCCOCOC)cc3)cc2C)cc1. The second-order valence-electron chi connectivity index (χ2n) is 8.97. The van der Waals surface area contributed by atoms with E-state index in [9.17, 15) is 14.4 Å². The van der Waals surface area contributed by atoms with Crippen LogP contribution in [-0.4, -0.2) is 58.2 Å². The highest BCUT2D eigenvalue weighted by Gasteiger charge is 2.14. The Labute approximate surface area is 250 Å². The lowest BCUT2D eigenvalue weighted by Gasteiger charge is -2.11. The normalized spacial score (nSPS) is 10.4. The van der Waals surface area contributed by atoms with E-state index < -0.39 is 17.9 Å². The second-order valence-corrected chi connectivity index (χ2v) is 8.97. The summed E-state index contributed by atoms with van der Waals surface area (Å²) in [7, 11) is 1.54. The van der Waals surface area contributed by atoms with Gasteiger partial charge in [0.05, 0.1) is 30.9 Å². The number of rotatable bonds is 17. The van der Waals surface area contributed by atoms with E-state index in [4.69, 9.17) is 33.2 Å². The predicted octanol–water partition coefficient (Wildman–Crippen LogP) is 5.54. The van der Waals surface area contributed by atoms with Gasteiger partial charge in [0.1, 0.15) is 36.4 Å². The molecule has 0 aliphatic heterocycles. The van der Waals surface area contributed by atoms with Gasteiger partial charge in [0.15, 0.2) is 0 Å². The lowest BCUT2D eigenvalue weighted by Crippen LogP contribution is -2.11. The number of methoxy groups -OCH3 is 1. The van der Waals surface area contributed by atoms with Crippen molar-refractivity contribution in [1.82, 2.24) is 0 Å². The van der Waals surface area contributed by atoms with E-state index in [0.29, 0.717) is 65.9 Å². The quantitative estimate of drug-likeness (QED) is 0.0496. The number of carbonyl (C=O) groups excluding carboxylic acids is 3. The second kappa shape index (κ2) is 17.1. The van der Waals surface area contributed by atoms with Crippen LogP contribution in [0.3, 0.4) is 0 Å². The van der Waals surface area contributed by atoms with Crippen LogP contribution in [0.5, 0.6) is 17.2 Å². The van der Waals surface area contributed by atoms with Crippen LogP contribution in [0.25, 0.3) is 5.76 Å². The molecule has 10 nitrogen and oxygen atoms in total. The van der Waals surface area contributed by atoms with Crippen LogP contribution in [0.15, 0.2) is 86.0 Å². The molecule has 0 fully saturated rings. The third-order valence-electron chi connectivity index (χ3n) is 5.77. The van der Waals surface area contributed by atoms with Crippen molar-refractivity contribution < 1.29 is 47.5 Å². The summed E-state index contributed by atoms with van der Waals surface area (Å²) in [6.45, 7) is 10.4. The van der Waals surface area contributed by atoms with Crippen molar-refractivity contribution in [2.75, 3.05) is 40.3 Å². The summed E-state index contributed by atoms with van der Waals surface area (Å²) >= 11 is 0. The third-order valence-corrected chi connectivity index (χ3v) is 5.77. The van der Waals surface area contributed by atoms with Crippen molar-refractivity contribution >= 4 is 23.7 Å². The van der Waals surface area contributed by atoms with Gasteiger partial charge < -0.3 is 33.2 Å². The van der Waals surface area contributed by atoms with Gasteiger partial charge >= 0.3 is 17.9 Å². The minimum Gasteiger partial charge on any atom is -0.493 e. The Kier molecular flexibility index (Phi) is 13.0. The molecule has 0 bridgehead atoms. The molecule has 0 saturated carbocycles. The van der Waals surface area contributed by atoms with E-state index in [1.807, 2.05) is 0 Å². The zero-order chi connectivity index (χ0) is 31.0. The fourth-order valence-corrected chi connectivity index (χ4v) is 3.53. The first-order valence-electron chi connectivity index (χ1n) is 13.4. The first kappa shape index (κ1) is 32.6. The van der Waals surface area contributed by atoms with Crippen LogP contribution in [-0.2, 0) is 23.7 Å². The van der Waals surface area contributed by atoms with Crippen molar-refractivity contribution in [2.45, 2.75) is 13.3 Å². The van der Waals surface area contributed by atoms with Crippen molar-refractivity contribution in [3.63, 3.8) is 0 Å². The molecule has 0 N–H and O–H groups in total. The van der Waals surface area contributed by atoms with Crippen LogP contribution in [0.2, 0.25) is 0 Å². The molecule has 3 rings (SSSR count). The maximum atomic E-state index is 12.7. The first-order chi connectivity index (χ1) is 20.8. The highest BCUT2D eigenvalue weighted by Crippen LogP contribution is 2.26. The smallest absolute Gasteiger partial charge is 0.343 e. The first-order valence-corrected chi connectivity index (χ1v) is 13.4. The maximum Gasteiger partial charge on any atom is 0.343 e. The minimum atomic E-state index is -0.552. The molecule has 0 aliphatic rings. The van der Waals surface area contributed by atoms with E-state index in [1.165, 1.54) is 0 Å². The number of esters is 3. The van der Waals surface area contributed by atoms with Gasteiger partial charge in [-0.3, -0.25) is 0 Å². The van der Waals surface area contributed by atoms with Gasteiger partial charge in [0.25, 0.3) is 0 Å². The molecule has 0 unspecified atom stereocenters. The Bertz CT molecular complexity index is 1390. The molecule has 3 aromatic carbocycles. The minimum absolute atomic E-state index is 0.187. The monoisotopic (exact) mass is 590 g/mol. The van der Waals surface area contributed by atoms with E-state index in [0.717, 1.165) is 11.6 Å². The van der Waals surface area contributed by atoms with Gasteiger partial charge in [-0.15, -0.1) is 0 Å². The number of hydrogen-bond donors (Lipinski definition) is 0. The summed E-state index contributed by atoms with van der Waals surface area (Å²) in [5.74, 6) is 0.0631. The van der Waals surface area contributed by atoms with Gasteiger partial charge in [-0.2, -0.15) is 0 Å². The number of carbonyl (C=O) groups is 3. The van der Waals surface area contributed by atoms with E-state index >= 15 is 0 Å².